The van der Waals surface area contributed by atoms with Crippen molar-refractivity contribution in [3.8, 4) is 6.07 Å². The van der Waals surface area contributed by atoms with Crippen LogP contribution in [0.5, 0.6) is 0 Å². The van der Waals surface area contributed by atoms with Gasteiger partial charge >= 0.3 is 6.09 Å². The molecule has 0 aliphatic carbocycles. The summed E-state index contributed by atoms with van der Waals surface area (Å²) in [5.74, 6) is -1.73. The Balaban J connectivity index is 3.17. The number of nitrogens with zero attached hydrogens (tertiary/aromatic N) is 1. The van der Waals surface area contributed by atoms with Crippen molar-refractivity contribution in [1.29, 1.82) is 5.26 Å². The normalized spacial score (nSPS) is 10.7. The first-order valence-electron chi connectivity index (χ1n) is 4.09. The molecule has 1 aromatic carbocycles. The lowest BCUT2D eigenvalue weighted by Gasteiger charge is -2.06. The molecule has 0 aliphatic heterocycles. The van der Waals surface area contributed by atoms with Gasteiger partial charge in [-0.15, -0.1) is 0 Å². The lowest BCUT2D eigenvalue weighted by atomic mass is 10.1. The summed E-state index contributed by atoms with van der Waals surface area (Å²) >= 11 is 0. The maximum absolute atomic E-state index is 13.3. The Morgan fingerprint density at radius 3 is 2.69 bits per heavy atom. The molecule has 1 rings (SSSR count). The largest absolute Gasteiger partial charge is 0.465 e. The maximum atomic E-state index is 13.3. The van der Waals surface area contributed by atoms with E-state index in [4.69, 9.17) is 10.4 Å². The van der Waals surface area contributed by atoms with Crippen LogP contribution in [0.25, 0.3) is 5.70 Å². The average Bonchev–Trinajstić information content (AvgIpc) is 2.16. The third kappa shape index (κ3) is 2.78. The van der Waals surface area contributed by atoms with E-state index in [0.29, 0.717) is 6.07 Å². The fourth-order valence-corrected chi connectivity index (χ4v) is 1.07. The standard InChI is InChI=1S/C10H6F2N2O2/c11-6-1-2-7(8(12)5-6)9(3-4-13)14-10(15)16/h1-3,5,14H,(H,15,16). The average molecular weight is 224 g/mol. The molecule has 0 aliphatic rings. The summed E-state index contributed by atoms with van der Waals surface area (Å²) in [6.07, 6.45) is -0.616. The fraction of sp³-hybridized carbons (Fsp3) is 0. The van der Waals surface area contributed by atoms with E-state index in [1.807, 2.05) is 5.32 Å². The van der Waals surface area contributed by atoms with E-state index < -0.39 is 17.7 Å². The molecule has 6 heteroatoms. The van der Waals surface area contributed by atoms with Crippen LogP contribution in [0.3, 0.4) is 0 Å². The molecule has 0 spiro atoms. The zero-order chi connectivity index (χ0) is 12.1. The van der Waals surface area contributed by atoms with E-state index in [0.717, 1.165) is 18.2 Å². The Morgan fingerprint density at radius 1 is 1.50 bits per heavy atom. The first-order valence-corrected chi connectivity index (χ1v) is 4.09. The van der Waals surface area contributed by atoms with Crippen molar-refractivity contribution in [3.05, 3.63) is 41.5 Å². The number of rotatable bonds is 2. The molecule has 1 aromatic rings. The van der Waals surface area contributed by atoms with Gasteiger partial charge in [0.2, 0.25) is 0 Å². The Hall–Kier alpha value is -2.42. The summed E-state index contributed by atoms with van der Waals surface area (Å²) in [5.41, 5.74) is -0.433. The zero-order valence-electron chi connectivity index (χ0n) is 7.87. The zero-order valence-corrected chi connectivity index (χ0v) is 7.87. The summed E-state index contributed by atoms with van der Waals surface area (Å²) in [7, 11) is 0. The fourth-order valence-electron chi connectivity index (χ4n) is 1.07. The highest BCUT2D eigenvalue weighted by atomic mass is 19.1. The number of carboxylic acid groups (broad SMARTS) is 1. The number of hydrogen-bond donors (Lipinski definition) is 2. The SMILES string of the molecule is N#CC=C(NC(=O)O)c1ccc(F)cc1F. The van der Waals surface area contributed by atoms with Gasteiger partial charge in [0.05, 0.1) is 11.8 Å². The highest BCUT2D eigenvalue weighted by Gasteiger charge is 2.11. The Labute approximate surface area is 89.4 Å². The van der Waals surface area contributed by atoms with Crippen LogP contribution in [0, 0.1) is 23.0 Å². The Morgan fingerprint density at radius 2 is 2.19 bits per heavy atom. The predicted octanol–water partition coefficient (Wildman–Crippen LogP) is 2.10. The minimum Gasteiger partial charge on any atom is -0.465 e. The van der Waals surface area contributed by atoms with Crippen molar-refractivity contribution < 1.29 is 18.7 Å². The van der Waals surface area contributed by atoms with E-state index in [-0.39, 0.29) is 11.3 Å². The molecule has 0 radical (unpaired) electrons. The molecule has 0 unspecified atom stereocenters. The van der Waals surface area contributed by atoms with Gasteiger partial charge < -0.3 is 5.11 Å². The molecule has 0 saturated heterocycles. The topological polar surface area (TPSA) is 73.1 Å². The molecule has 0 atom stereocenters. The van der Waals surface area contributed by atoms with Gasteiger partial charge in [-0.1, -0.05) is 0 Å². The quantitative estimate of drug-likeness (QED) is 0.755. The van der Waals surface area contributed by atoms with Crippen molar-refractivity contribution in [3.63, 3.8) is 0 Å². The number of nitrogens with one attached hydrogen (secondary N) is 1. The summed E-state index contributed by atoms with van der Waals surface area (Å²) in [5, 5.41) is 18.7. The molecule has 0 heterocycles. The van der Waals surface area contributed by atoms with Gasteiger partial charge in [0.25, 0.3) is 0 Å². The van der Waals surface area contributed by atoms with Crippen LogP contribution < -0.4 is 5.32 Å². The molecular formula is C10H6F2N2O2. The summed E-state index contributed by atoms with van der Waals surface area (Å²) < 4.78 is 25.8. The first kappa shape index (κ1) is 11.7. The number of nitriles is 1. The second kappa shape index (κ2) is 4.89. The lowest BCUT2D eigenvalue weighted by molar-refractivity contribution is 0.199. The Kier molecular flexibility index (Phi) is 3.56. The van der Waals surface area contributed by atoms with Gasteiger partial charge in [-0.3, -0.25) is 5.32 Å². The van der Waals surface area contributed by atoms with Crippen molar-refractivity contribution >= 4 is 11.8 Å². The predicted molar refractivity (Wildman–Crippen MR) is 51.1 cm³/mol. The Bertz CT molecular complexity index is 492. The molecule has 0 bridgehead atoms. The van der Waals surface area contributed by atoms with Crippen molar-refractivity contribution in [2.45, 2.75) is 0 Å². The van der Waals surface area contributed by atoms with Gasteiger partial charge in [0.1, 0.15) is 11.6 Å². The highest BCUT2D eigenvalue weighted by molar-refractivity contribution is 5.81. The number of amides is 1. The van der Waals surface area contributed by atoms with Gasteiger partial charge in [-0.2, -0.15) is 5.26 Å². The highest BCUT2D eigenvalue weighted by Crippen LogP contribution is 2.16. The van der Waals surface area contributed by atoms with Gasteiger partial charge in [-0.25, -0.2) is 13.6 Å². The minimum atomic E-state index is -1.44. The van der Waals surface area contributed by atoms with E-state index in [9.17, 15) is 13.6 Å². The smallest absolute Gasteiger partial charge is 0.409 e. The maximum Gasteiger partial charge on any atom is 0.409 e. The monoisotopic (exact) mass is 224 g/mol. The summed E-state index contributed by atoms with van der Waals surface area (Å²) in [6.45, 7) is 0. The van der Waals surface area contributed by atoms with Gasteiger partial charge in [-0.05, 0) is 12.1 Å². The number of carbonyl (C=O) groups is 1. The molecule has 0 saturated carbocycles. The van der Waals surface area contributed by atoms with Crippen LogP contribution >= 0.6 is 0 Å². The van der Waals surface area contributed by atoms with Gasteiger partial charge in [0, 0.05) is 17.7 Å². The molecule has 2 N–H and O–H groups in total. The third-order valence-electron chi connectivity index (χ3n) is 1.67. The second-order valence-electron chi connectivity index (χ2n) is 2.74. The van der Waals surface area contributed by atoms with Crippen LogP contribution in [0.4, 0.5) is 13.6 Å². The molecular weight excluding hydrogens is 218 g/mol. The van der Waals surface area contributed by atoms with Crippen molar-refractivity contribution in [2.24, 2.45) is 0 Å². The van der Waals surface area contributed by atoms with Crippen LogP contribution in [0.15, 0.2) is 24.3 Å². The van der Waals surface area contributed by atoms with Crippen LogP contribution in [0.1, 0.15) is 5.56 Å². The van der Waals surface area contributed by atoms with E-state index >= 15 is 0 Å². The van der Waals surface area contributed by atoms with Crippen molar-refractivity contribution in [2.75, 3.05) is 0 Å². The molecule has 0 aromatic heterocycles. The van der Waals surface area contributed by atoms with E-state index in [2.05, 4.69) is 0 Å². The second-order valence-corrected chi connectivity index (χ2v) is 2.74. The van der Waals surface area contributed by atoms with E-state index in [1.54, 1.807) is 6.07 Å². The molecule has 82 valence electrons. The summed E-state index contributed by atoms with van der Waals surface area (Å²) in [6, 6.07) is 4.18. The number of allylic oxidation sites excluding steroid dienone is 1. The first-order chi connectivity index (χ1) is 7.54. The molecule has 1 amide bonds. The number of halogens is 2. The van der Waals surface area contributed by atoms with Crippen molar-refractivity contribution in [1.82, 2.24) is 5.32 Å². The van der Waals surface area contributed by atoms with E-state index in [1.165, 1.54) is 0 Å². The molecule has 16 heavy (non-hydrogen) atoms. The lowest BCUT2D eigenvalue weighted by Crippen LogP contribution is -2.19. The van der Waals surface area contributed by atoms with Gasteiger partial charge in [0.15, 0.2) is 0 Å². The molecule has 0 fully saturated rings. The number of hydrogen-bond acceptors (Lipinski definition) is 2. The minimum absolute atomic E-state index is 0.189. The third-order valence-corrected chi connectivity index (χ3v) is 1.67. The van der Waals surface area contributed by atoms with Crippen LogP contribution in [0.2, 0.25) is 0 Å². The number of benzene rings is 1. The van der Waals surface area contributed by atoms with Crippen LogP contribution in [-0.2, 0) is 0 Å². The summed E-state index contributed by atoms with van der Waals surface area (Å²) in [4.78, 5) is 10.4. The van der Waals surface area contributed by atoms with Crippen LogP contribution in [-0.4, -0.2) is 11.2 Å². The molecule has 4 nitrogen and oxygen atoms in total.